The molecule has 0 saturated carbocycles. The second-order valence-electron chi connectivity index (χ2n) is 5.89. The third-order valence-corrected chi connectivity index (χ3v) is 4.19. The Balaban J connectivity index is 2.36. The number of nitrogens with two attached hydrogens (primary N) is 1. The summed E-state index contributed by atoms with van der Waals surface area (Å²) in [6, 6.07) is -2.34. The Hall–Kier alpha value is -1.77. The molecule has 0 aromatic carbocycles. The molecule has 9 heteroatoms. The quantitative estimate of drug-likeness (QED) is 0.772. The summed E-state index contributed by atoms with van der Waals surface area (Å²) in [6.07, 6.45) is -3.71. The number of hydrogen-bond donors (Lipinski definition) is 1. The first kappa shape index (κ1) is 18.6. The van der Waals surface area contributed by atoms with Gasteiger partial charge in [0.15, 0.2) is 11.7 Å². The highest BCUT2D eigenvalue weighted by molar-refractivity contribution is 5.83. The predicted octanol–water partition coefficient (Wildman–Crippen LogP) is 3.45. The van der Waals surface area contributed by atoms with E-state index in [1.165, 1.54) is 6.92 Å². The largest absolute Gasteiger partial charge is 0.406 e. The summed E-state index contributed by atoms with van der Waals surface area (Å²) in [7, 11) is 0. The van der Waals surface area contributed by atoms with Gasteiger partial charge in [-0.3, -0.25) is 4.79 Å². The van der Waals surface area contributed by atoms with Gasteiger partial charge in [-0.25, -0.2) is 13.2 Å². The van der Waals surface area contributed by atoms with Crippen LogP contribution in [0.5, 0.6) is 0 Å². The average Bonchev–Trinajstić information content (AvgIpc) is 2.58. The summed E-state index contributed by atoms with van der Waals surface area (Å²) in [5.74, 6) is -5.55. The van der Waals surface area contributed by atoms with Gasteiger partial charge in [0.1, 0.15) is 12.4 Å². The van der Waals surface area contributed by atoms with Crippen molar-refractivity contribution in [2.24, 2.45) is 11.7 Å². The molecule has 0 spiro atoms. The first-order chi connectivity index (χ1) is 11.0. The molecule has 0 radical (unpaired) electrons. The van der Waals surface area contributed by atoms with Crippen molar-refractivity contribution in [1.29, 1.82) is 0 Å². The number of halogens is 6. The molecule has 3 atom stereocenters. The number of nitrogens with zero attached hydrogens (tertiary/aromatic N) is 1. The molecule has 0 unspecified atom stereocenters. The van der Waals surface area contributed by atoms with Crippen molar-refractivity contribution in [1.82, 2.24) is 4.90 Å². The summed E-state index contributed by atoms with van der Waals surface area (Å²) in [4.78, 5) is 12.5. The summed E-state index contributed by atoms with van der Waals surface area (Å²) < 4.78 is 79.1. The SMILES string of the molecule is C[C@@H]1[C@H](C2=CCC(F)=CC(F)=C2F)C[C@H](N)C(=O)N1CC(F)(F)F. The number of carbonyl (C=O) groups is 1. The van der Waals surface area contributed by atoms with Crippen molar-refractivity contribution in [2.45, 2.75) is 38.0 Å². The lowest BCUT2D eigenvalue weighted by Crippen LogP contribution is -2.58. The molecule has 3 nitrogen and oxygen atoms in total. The van der Waals surface area contributed by atoms with Crippen molar-refractivity contribution in [3.05, 3.63) is 35.2 Å². The molecule has 134 valence electrons. The maximum absolute atomic E-state index is 14.2. The molecule has 0 aromatic rings. The van der Waals surface area contributed by atoms with E-state index in [-0.39, 0.29) is 18.4 Å². The molecule has 2 rings (SSSR count). The summed E-state index contributed by atoms with van der Waals surface area (Å²) >= 11 is 0. The highest BCUT2D eigenvalue weighted by atomic mass is 19.4. The van der Waals surface area contributed by atoms with E-state index in [0.717, 1.165) is 6.08 Å². The van der Waals surface area contributed by atoms with E-state index in [1.54, 1.807) is 0 Å². The van der Waals surface area contributed by atoms with Crippen LogP contribution in [0, 0.1) is 5.92 Å². The fourth-order valence-corrected chi connectivity index (χ4v) is 3.01. The molecular weight excluding hydrogens is 338 g/mol. The fourth-order valence-electron chi connectivity index (χ4n) is 3.01. The molecule has 1 aliphatic carbocycles. The van der Waals surface area contributed by atoms with Gasteiger partial charge in [-0.2, -0.15) is 13.2 Å². The normalized spacial score (nSPS) is 29.4. The molecule has 2 aliphatic rings. The second-order valence-corrected chi connectivity index (χ2v) is 5.89. The third-order valence-electron chi connectivity index (χ3n) is 4.19. The first-order valence-corrected chi connectivity index (χ1v) is 7.26. The van der Waals surface area contributed by atoms with Crippen molar-refractivity contribution >= 4 is 5.91 Å². The number of alkyl halides is 3. The first-order valence-electron chi connectivity index (χ1n) is 7.26. The minimum absolute atomic E-state index is 0.150. The zero-order chi connectivity index (χ0) is 18.2. The van der Waals surface area contributed by atoms with Gasteiger partial charge in [0.2, 0.25) is 5.91 Å². The maximum atomic E-state index is 14.2. The van der Waals surface area contributed by atoms with E-state index in [4.69, 9.17) is 5.73 Å². The molecule has 1 heterocycles. The smallest absolute Gasteiger partial charge is 0.329 e. The molecule has 1 fully saturated rings. The fraction of sp³-hybridized carbons (Fsp3) is 0.533. The van der Waals surface area contributed by atoms with Gasteiger partial charge in [-0.15, -0.1) is 0 Å². The molecule has 24 heavy (non-hydrogen) atoms. The van der Waals surface area contributed by atoms with E-state index in [9.17, 15) is 31.1 Å². The van der Waals surface area contributed by atoms with E-state index in [1.807, 2.05) is 0 Å². The molecule has 0 bridgehead atoms. The van der Waals surface area contributed by atoms with E-state index in [2.05, 4.69) is 0 Å². The third kappa shape index (κ3) is 3.82. The lowest BCUT2D eigenvalue weighted by atomic mass is 9.80. The Morgan fingerprint density at radius 1 is 1.29 bits per heavy atom. The van der Waals surface area contributed by atoms with Crippen LogP contribution in [0.15, 0.2) is 35.2 Å². The summed E-state index contributed by atoms with van der Waals surface area (Å²) in [5.41, 5.74) is 5.32. The molecule has 2 N–H and O–H groups in total. The second kappa shape index (κ2) is 6.62. The Bertz CT molecular complexity index is 622. The van der Waals surface area contributed by atoms with Crippen molar-refractivity contribution in [3.8, 4) is 0 Å². The highest BCUT2D eigenvalue weighted by Crippen LogP contribution is 2.38. The van der Waals surface area contributed by atoms with Gasteiger partial charge in [0.25, 0.3) is 0 Å². The maximum Gasteiger partial charge on any atom is 0.406 e. The van der Waals surface area contributed by atoms with E-state index < -0.39 is 54.1 Å². The van der Waals surface area contributed by atoms with Crippen LogP contribution >= 0.6 is 0 Å². The number of hydrogen-bond acceptors (Lipinski definition) is 2. The number of amides is 1. The molecule has 1 amide bonds. The topological polar surface area (TPSA) is 46.3 Å². The Morgan fingerprint density at radius 2 is 1.92 bits per heavy atom. The van der Waals surface area contributed by atoms with Gasteiger partial charge in [0.05, 0.1) is 6.04 Å². The Labute approximate surface area is 134 Å². The monoisotopic (exact) mass is 354 g/mol. The van der Waals surface area contributed by atoms with Gasteiger partial charge < -0.3 is 10.6 Å². The Morgan fingerprint density at radius 3 is 2.50 bits per heavy atom. The number of rotatable bonds is 2. The standard InChI is InChI=1S/C15H16F6N2O/c1-7-10(9-3-2-8(16)4-11(17)13(9)18)5-12(22)14(24)23(7)6-15(19,20)21/h3-4,7,10,12H,2,5-6,22H2,1H3/t7-,10-,12+/m1/s1. The predicted molar refractivity (Wildman–Crippen MR) is 74.4 cm³/mol. The lowest BCUT2D eigenvalue weighted by Gasteiger charge is -2.42. The van der Waals surface area contributed by atoms with Crippen molar-refractivity contribution < 1.29 is 31.1 Å². The van der Waals surface area contributed by atoms with Crippen LogP contribution in [0.25, 0.3) is 0 Å². The number of piperidine rings is 1. The van der Waals surface area contributed by atoms with Crippen LogP contribution in [0.1, 0.15) is 19.8 Å². The molecule has 1 saturated heterocycles. The molecule has 0 aromatic heterocycles. The highest BCUT2D eigenvalue weighted by Gasteiger charge is 2.45. The van der Waals surface area contributed by atoms with Crippen molar-refractivity contribution in [2.75, 3.05) is 6.54 Å². The van der Waals surface area contributed by atoms with Crippen molar-refractivity contribution in [3.63, 3.8) is 0 Å². The Kier molecular flexibility index (Phi) is 5.12. The summed E-state index contributed by atoms with van der Waals surface area (Å²) in [5, 5.41) is 0. The minimum Gasteiger partial charge on any atom is -0.329 e. The van der Waals surface area contributed by atoms with Crippen LogP contribution in [-0.4, -0.2) is 35.6 Å². The van der Waals surface area contributed by atoms with Crippen LogP contribution in [0.3, 0.4) is 0 Å². The van der Waals surface area contributed by atoms with Crippen LogP contribution in [-0.2, 0) is 4.79 Å². The number of carbonyl (C=O) groups excluding carboxylic acids is 1. The van der Waals surface area contributed by atoms with Crippen LogP contribution < -0.4 is 5.73 Å². The molecular formula is C15H16F6N2O. The van der Waals surface area contributed by atoms with E-state index >= 15 is 0 Å². The average molecular weight is 354 g/mol. The van der Waals surface area contributed by atoms with Gasteiger partial charge in [-0.1, -0.05) is 6.08 Å². The van der Waals surface area contributed by atoms with Crippen LogP contribution in [0.2, 0.25) is 0 Å². The molecule has 1 aliphatic heterocycles. The van der Waals surface area contributed by atoms with Gasteiger partial charge >= 0.3 is 6.18 Å². The van der Waals surface area contributed by atoms with Gasteiger partial charge in [0, 0.05) is 24.5 Å². The zero-order valence-corrected chi connectivity index (χ0v) is 12.7. The van der Waals surface area contributed by atoms with E-state index in [0.29, 0.717) is 11.0 Å². The van der Waals surface area contributed by atoms with Crippen LogP contribution in [0.4, 0.5) is 26.3 Å². The lowest BCUT2D eigenvalue weighted by molar-refractivity contribution is -0.171. The minimum atomic E-state index is -4.66. The summed E-state index contributed by atoms with van der Waals surface area (Å²) in [6.45, 7) is -0.230. The zero-order valence-electron chi connectivity index (χ0n) is 12.7. The van der Waals surface area contributed by atoms with Gasteiger partial charge in [-0.05, 0) is 18.9 Å². The number of allylic oxidation sites excluding steroid dienone is 5. The number of likely N-dealkylation sites (tertiary alicyclic amines) is 1.